The summed E-state index contributed by atoms with van der Waals surface area (Å²) in [7, 11) is 1.82. The number of nitrogens with zero attached hydrogens (tertiary/aromatic N) is 1. The first-order valence-electron chi connectivity index (χ1n) is 5.41. The van der Waals surface area contributed by atoms with Gasteiger partial charge in [-0.05, 0) is 24.7 Å². The summed E-state index contributed by atoms with van der Waals surface area (Å²) in [5.41, 5.74) is 0.876. The van der Waals surface area contributed by atoms with Crippen LogP contribution in [-0.4, -0.2) is 12.0 Å². The summed E-state index contributed by atoms with van der Waals surface area (Å²) in [4.78, 5) is 4.04. The van der Waals surface area contributed by atoms with Crippen molar-refractivity contribution in [1.29, 1.82) is 0 Å². The number of hydrogen-bond acceptors (Lipinski definition) is 3. The molecule has 0 radical (unpaired) electrons. The first kappa shape index (κ1) is 12.8. The minimum absolute atomic E-state index is 0.350. The SMILES string of the molecule is CNCc1cc(Oc2cccc(F)c2)ncc1Cl. The van der Waals surface area contributed by atoms with Gasteiger partial charge in [0.2, 0.25) is 5.88 Å². The Morgan fingerprint density at radius 3 is 2.94 bits per heavy atom. The molecule has 0 bridgehead atoms. The van der Waals surface area contributed by atoms with Crippen LogP contribution in [0.2, 0.25) is 5.02 Å². The number of pyridine rings is 1. The van der Waals surface area contributed by atoms with E-state index in [-0.39, 0.29) is 5.82 Å². The van der Waals surface area contributed by atoms with Crippen LogP contribution in [0, 0.1) is 5.82 Å². The van der Waals surface area contributed by atoms with E-state index in [0.29, 0.717) is 23.2 Å². The van der Waals surface area contributed by atoms with E-state index in [4.69, 9.17) is 16.3 Å². The third kappa shape index (κ3) is 3.18. The number of rotatable bonds is 4. The van der Waals surface area contributed by atoms with Crippen molar-refractivity contribution >= 4 is 11.6 Å². The average molecular weight is 267 g/mol. The fraction of sp³-hybridized carbons (Fsp3) is 0.154. The van der Waals surface area contributed by atoms with E-state index in [1.807, 2.05) is 7.05 Å². The Morgan fingerprint density at radius 2 is 2.22 bits per heavy atom. The second-order valence-corrected chi connectivity index (χ2v) is 4.11. The maximum atomic E-state index is 13.0. The third-order valence-electron chi connectivity index (χ3n) is 2.30. The molecule has 2 rings (SSSR count). The van der Waals surface area contributed by atoms with Gasteiger partial charge in [-0.25, -0.2) is 9.37 Å². The number of halogens is 2. The Morgan fingerprint density at radius 1 is 1.39 bits per heavy atom. The minimum Gasteiger partial charge on any atom is -0.439 e. The quantitative estimate of drug-likeness (QED) is 0.921. The van der Waals surface area contributed by atoms with E-state index in [1.54, 1.807) is 18.2 Å². The molecule has 2 aromatic rings. The molecular weight excluding hydrogens is 255 g/mol. The van der Waals surface area contributed by atoms with Gasteiger partial charge in [-0.1, -0.05) is 17.7 Å². The summed E-state index contributed by atoms with van der Waals surface area (Å²) in [5, 5.41) is 3.56. The zero-order valence-electron chi connectivity index (χ0n) is 9.78. The summed E-state index contributed by atoms with van der Waals surface area (Å²) in [6, 6.07) is 7.62. The highest BCUT2D eigenvalue weighted by molar-refractivity contribution is 6.31. The van der Waals surface area contributed by atoms with Gasteiger partial charge >= 0.3 is 0 Å². The molecule has 1 N–H and O–H groups in total. The molecule has 0 aliphatic heterocycles. The minimum atomic E-state index is -0.350. The van der Waals surface area contributed by atoms with Gasteiger partial charge in [0.05, 0.1) is 5.02 Å². The summed E-state index contributed by atoms with van der Waals surface area (Å²) >= 11 is 5.99. The van der Waals surface area contributed by atoms with Gasteiger partial charge in [-0.2, -0.15) is 0 Å². The van der Waals surface area contributed by atoms with Gasteiger partial charge in [-0.3, -0.25) is 0 Å². The Bertz CT molecular complexity index is 548. The summed E-state index contributed by atoms with van der Waals surface area (Å²) in [5.74, 6) is 0.437. The molecule has 1 aromatic carbocycles. The largest absolute Gasteiger partial charge is 0.439 e. The van der Waals surface area contributed by atoms with Gasteiger partial charge in [-0.15, -0.1) is 0 Å². The fourth-order valence-corrected chi connectivity index (χ4v) is 1.66. The molecule has 0 unspecified atom stereocenters. The lowest BCUT2D eigenvalue weighted by molar-refractivity contribution is 0.457. The van der Waals surface area contributed by atoms with Crippen LogP contribution in [0.25, 0.3) is 0 Å². The highest BCUT2D eigenvalue weighted by atomic mass is 35.5. The van der Waals surface area contributed by atoms with E-state index < -0.39 is 0 Å². The fourth-order valence-electron chi connectivity index (χ4n) is 1.49. The van der Waals surface area contributed by atoms with Crippen LogP contribution >= 0.6 is 11.6 Å². The van der Waals surface area contributed by atoms with Crippen molar-refractivity contribution in [3.05, 3.63) is 52.9 Å². The van der Waals surface area contributed by atoms with Crippen molar-refractivity contribution in [1.82, 2.24) is 10.3 Å². The maximum Gasteiger partial charge on any atom is 0.219 e. The molecule has 1 aromatic heterocycles. The molecule has 5 heteroatoms. The molecule has 0 fully saturated rings. The molecule has 0 saturated carbocycles. The zero-order chi connectivity index (χ0) is 13.0. The number of benzene rings is 1. The van der Waals surface area contributed by atoms with Crippen LogP contribution in [0.15, 0.2) is 36.5 Å². The first-order chi connectivity index (χ1) is 8.69. The second-order valence-electron chi connectivity index (χ2n) is 3.70. The zero-order valence-corrected chi connectivity index (χ0v) is 10.5. The normalized spacial score (nSPS) is 10.4. The highest BCUT2D eigenvalue weighted by Gasteiger charge is 2.05. The van der Waals surface area contributed by atoms with Crippen LogP contribution in [0.4, 0.5) is 4.39 Å². The van der Waals surface area contributed by atoms with Crippen LogP contribution in [0.1, 0.15) is 5.56 Å². The smallest absolute Gasteiger partial charge is 0.219 e. The van der Waals surface area contributed by atoms with Crippen molar-refractivity contribution in [2.75, 3.05) is 7.05 Å². The molecule has 0 spiro atoms. The summed E-state index contributed by atoms with van der Waals surface area (Å²) in [6.45, 7) is 0.612. The molecule has 94 valence electrons. The number of nitrogens with one attached hydrogen (secondary N) is 1. The monoisotopic (exact) mass is 266 g/mol. The lowest BCUT2D eigenvalue weighted by Gasteiger charge is -2.08. The van der Waals surface area contributed by atoms with Crippen molar-refractivity contribution < 1.29 is 9.13 Å². The van der Waals surface area contributed by atoms with Gasteiger partial charge < -0.3 is 10.1 Å². The van der Waals surface area contributed by atoms with Crippen molar-refractivity contribution in [2.45, 2.75) is 6.54 Å². The second kappa shape index (κ2) is 5.80. The molecule has 0 aliphatic carbocycles. The number of hydrogen-bond donors (Lipinski definition) is 1. The van der Waals surface area contributed by atoms with E-state index in [1.165, 1.54) is 18.3 Å². The summed E-state index contributed by atoms with van der Waals surface area (Å²) in [6.07, 6.45) is 1.52. The average Bonchev–Trinajstić information content (AvgIpc) is 2.34. The Hall–Kier alpha value is -1.65. The molecule has 1 heterocycles. The van der Waals surface area contributed by atoms with E-state index in [9.17, 15) is 4.39 Å². The highest BCUT2D eigenvalue weighted by Crippen LogP contribution is 2.24. The topological polar surface area (TPSA) is 34.1 Å². The maximum absolute atomic E-state index is 13.0. The third-order valence-corrected chi connectivity index (χ3v) is 2.64. The van der Waals surface area contributed by atoms with Crippen LogP contribution < -0.4 is 10.1 Å². The van der Waals surface area contributed by atoms with E-state index >= 15 is 0 Å². The molecule has 0 amide bonds. The Labute approximate surface area is 110 Å². The van der Waals surface area contributed by atoms with Crippen molar-refractivity contribution in [2.24, 2.45) is 0 Å². The predicted octanol–water partition coefficient (Wildman–Crippen LogP) is 3.39. The molecule has 0 aliphatic rings. The van der Waals surface area contributed by atoms with Gasteiger partial charge in [0.15, 0.2) is 0 Å². The van der Waals surface area contributed by atoms with Gasteiger partial charge in [0.1, 0.15) is 11.6 Å². The molecular formula is C13H12ClFN2O. The Kier molecular flexibility index (Phi) is 4.12. The lowest BCUT2D eigenvalue weighted by Crippen LogP contribution is -2.06. The molecule has 0 atom stereocenters. The molecule has 18 heavy (non-hydrogen) atoms. The molecule has 0 saturated heterocycles. The lowest BCUT2D eigenvalue weighted by atomic mass is 10.2. The predicted molar refractivity (Wildman–Crippen MR) is 68.5 cm³/mol. The van der Waals surface area contributed by atoms with E-state index in [0.717, 1.165) is 5.56 Å². The number of ether oxygens (including phenoxy) is 1. The molecule has 3 nitrogen and oxygen atoms in total. The van der Waals surface area contributed by atoms with Crippen molar-refractivity contribution in [3.63, 3.8) is 0 Å². The van der Waals surface area contributed by atoms with Gasteiger partial charge in [0, 0.05) is 24.9 Å². The van der Waals surface area contributed by atoms with E-state index in [2.05, 4.69) is 10.3 Å². The number of aromatic nitrogens is 1. The summed E-state index contributed by atoms with van der Waals surface area (Å²) < 4.78 is 18.5. The Balaban J connectivity index is 2.21. The first-order valence-corrected chi connectivity index (χ1v) is 5.79. The van der Waals surface area contributed by atoms with Crippen LogP contribution in [0.3, 0.4) is 0 Å². The standard InChI is InChI=1S/C13H12ClFN2O/c1-16-7-9-5-13(17-8-12(9)14)18-11-4-2-3-10(15)6-11/h2-6,8,16H,7H2,1H3. The van der Waals surface area contributed by atoms with Crippen molar-refractivity contribution in [3.8, 4) is 11.6 Å². The van der Waals surface area contributed by atoms with Crippen LogP contribution in [-0.2, 0) is 6.54 Å². The van der Waals surface area contributed by atoms with Crippen LogP contribution in [0.5, 0.6) is 11.6 Å². The van der Waals surface area contributed by atoms with Gasteiger partial charge in [0.25, 0.3) is 0 Å².